The van der Waals surface area contributed by atoms with Crippen molar-refractivity contribution in [2.45, 2.75) is 6.92 Å². The summed E-state index contributed by atoms with van der Waals surface area (Å²) >= 11 is 5.77. The Bertz CT molecular complexity index is 572. The van der Waals surface area contributed by atoms with Crippen molar-refractivity contribution >= 4 is 29.4 Å². The van der Waals surface area contributed by atoms with Crippen LogP contribution in [0.1, 0.15) is 11.1 Å². The van der Waals surface area contributed by atoms with Crippen molar-refractivity contribution < 1.29 is 4.79 Å². The van der Waals surface area contributed by atoms with Gasteiger partial charge < -0.3 is 5.32 Å². The van der Waals surface area contributed by atoms with Gasteiger partial charge in [-0.15, -0.1) is 0 Å². The molecule has 0 aliphatic heterocycles. The molecule has 1 heterocycles. The number of nitrogens with zero attached hydrogens (tertiary/aromatic N) is 1. The number of hydrogen-bond acceptors (Lipinski definition) is 2. The second-order valence-corrected chi connectivity index (χ2v) is 4.24. The van der Waals surface area contributed by atoms with Crippen LogP contribution in [0.15, 0.2) is 36.5 Å². The molecule has 0 saturated heterocycles. The maximum Gasteiger partial charge on any atom is 0.249 e. The maximum atomic E-state index is 11.6. The van der Waals surface area contributed by atoms with Gasteiger partial charge in [-0.05, 0) is 30.7 Å². The lowest BCUT2D eigenvalue weighted by Gasteiger charge is -1.99. The van der Waals surface area contributed by atoms with Crippen molar-refractivity contribution in [1.29, 1.82) is 0 Å². The molecule has 1 aromatic carbocycles. The Hall–Kier alpha value is -2.07. The summed E-state index contributed by atoms with van der Waals surface area (Å²) in [5.41, 5.74) is 1.80. The number of aromatic amines is 1. The summed E-state index contributed by atoms with van der Waals surface area (Å²) in [6, 6.07) is 7.23. The Morgan fingerprint density at radius 1 is 1.39 bits per heavy atom. The van der Waals surface area contributed by atoms with E-state index in [1.165, 1.54) is 6.08 Å². The fourth-order valence-corrected chi connectivity index (χ4v) is 1.51. The van der Waals surface area contributed by atoms with Gasteiger partial charge in [0.25, 0.3) is 0 Å². The number of H-pyrrole nitrogens is 1. The van der Waals surface area contributed by atoms with Crippen molar-refractivity contribution in [3.05, 3.63) is 52.7 Å². The summed E-state index contributed by atoms with van der Waals surface area (Å²) in [6.45, 7) is 1.86. The van der Waals surface area contributed by atoms with Crippen LogP contribution < -0.4 is 5.32 Å². The van der Waals surface area contributed by atoms with Crippen LogP contribution in [0.4, 0.5) is 5.82 Å². The zero-order chi connectivity index (χ0) is 13.0. The molecule has 0 unspecified atom stereocenters. The molecule has 1 aromatic heterocycles. The van der Waals surface area contributed by atoms with E-state index < -0.39 is 0 Å². The smallest absolute Gasteiger partial charge is 0.249 e. The van der Waals surface area contributed by atoms with Crippen LogP contribution in [-0.4, -0.2) is 16.1 Å². The highest BCUT2D eigenvalue weighted by Crippen LogP contribution is 2.11. The Balaban J connectivity index is 1.99. The number of anilines is 1. The maximum absolute atomic E-state index is 11.6. The summed E-state index contributed by atoms with van der Waals surface area (Å²) in [6.07, 6.45) is 4.83. The molecule has 2 N–H and O–H groups in total. The number of aryl methyl sites for hydroxylation is 1. The molecular formula is C13H12ClN3O. The van der Waals surface area contributed by atoms with Crippen molar-refractivity contribution in [2.75, 3.05) is 5.32 Å². The minimum atomic E-state index is -0.211. The summed E-state index contributed by atoms with van der Waals surface area (Å²) < 4.78 is 0. The first-order valence-electron chi connectivity index (χ1n) is 5.40. The van der Waals surface area contributed by atoms with E-state index in [4.69, 9.17) is 11.6 Å². The van der Waals surface area contributed by atoms with Gasteiger partial charge in [0.2, 0.25) is 5.91 Å². The molecule has 18 heavy (non-hydrogen) atoms. The lowest BCUT2D eigenvalue weighted by atomic mass is 10.2. The number of nitrogens with one attached hydrogen (secondary N) is 2. The largest absolute Gasteiger partial charge is 0.307 e. The van der Waals surface area contributed by atoms with Crippen LogP contribution in [-0.2, 0) is 4.79 Å². The van der Waals surface area contributed by atoms with Gasteiger partial charge in [0, 0.05) is 16.7 Å². The molecular weight excluding hydrogens is 250 g/mol. The monoisotopic (exact) mass is 261 g/mol. The van der Waals surface area contributed by atoms with E-state index in [-0.39, 0.29) is 5.91 Å². The number of hydrogen-bond donors (Lipinski definition) is 2. The molecule has 0 fully saturated rings. The molecule has 0 aliphatic carbocycles. The Kier molecular flexibility index (Phi) is 3.79. The Labute approximate surface area is 110 Å². The normalized spacial score (nSPS) is 10.8. The van der Waals surface area contributed by atoms with Crippen LogP contribution in [0.25, 0.3) is 6.08 Å². The van der Waals surface area contributed by atoms with Crippen molar-refractivity contribution in [2.24, 2.45) is 0 Å². The lowest BCUT2D eigenvalue weighted by Crippen LogP contribution is -2.08. The second-order valence-electron chi connectivity index (χ2n) is 3.80. The SMILES string of the molecule is Cc1cn[nH]c1NC(=O)/C=C/c1ccc(Cl)cc1. The summed E-state index contributed by atoms with van der Waals surface area (Å²) in [5, 5.41) is 9.91. The standard InChI is InChI=1S/C13H12ClN3O/c1-9-8-15-17-13(9)16-12(18)7-4-10-2-5-11(14)6-3-10/h2-8H,1H3,(H2,15,16,17,18)/b7-4+. The van der Waals surface area contributed by atoms with Crippen molar-refractivity contribution in [3.8, 4) is 0 Å². The molecule has 0 spiro atoms. The van der Waals surface area contributed by atoms with Gasteiger partial charge in [-0.1, -0.05) is 23.7 Å². The molecule has 0 saturated carbocycles. The number of carbonyl (C=O) groups is 1. The van der Waals surface area contributed by atoms with Gasteiger partial charge in [0.1, 0.15) is 5.82 Å². The molecule has 0 atom stereocenters. The fourth-order valence-electron chi connectivity index (χ4n) is 1.38. The number of carbonyl (C=O) groups excluding carboxylic acids is 1. The van der Waals surface area contributed by atoms with Gasteiger partial charge in [-0.2, -0.15) is 5.10 Å². The highest BCUT2D eigenvalue weighted by molar-refractivity contribution is 6.30. The number of halogens is 1. The van der Waals surface area contributed by atoms with E-state index in [2.05, 4.69) is 15.5 Å². The van der Waals surface area contributed by atoms with E-state index in [1.807, 2.05) is 19.1 Å². The highest BCUT2D eigenvalue weighted by atomic mass is 35.5. The van der Waals surface area contributed by atoms with Crippen molar-refractivity contribution in [1.82, 2.24) is 10.2 Å². The highest BCUT2D eigenvalue weighted by Gasteiger charge is 2.02. The van der Waals surface area contributed by atoms with E-state index in [9.17, 15) is 4.79 Å². The Morgan fingerprint density at radius 3 is 2.72 bits per heavy atom. The van der Waals surface area contributed by atoms with E-state index in [0.29, 0.717) is 10.8 Å². The summed E-state index contributed by atoms with van der Waals surface area (Å²) in [7, 11) is 0. The van der Waals surface area contributed by atoms with Crippen LogP contribution in [0.5, 0.6) is 0 Å². The molecule has 4 nitrogen and oxygen atoms in total. The third kappa shape index (κ3) is 3.21. The van der Waals surface area contributed by atoms with Crippen LogP contribution in [0, 0.1) is 6.92 Å². The predicted molar refractivity (Wildman–Crippen MR) is 72.4 cm³/mol. The van der Waals surface area contributed by atoms with Crippen molar-refractivity contribution in [3.63, 3.8) is 0 Å². The predicted octanol–water partition coefficient (Wildman–Crippen LogP) is 3.02. The van der Waals surface area contributed by atoms with Crippen LogP contribution >= 0.6 is 11.6 Å². The topological polar surface area (TPSA) is 57.8 Å². The zero-order valence-electron chi connectivity index (χ0n) is 9.77. The van der Waals surface area contributed by atoms with Gasteiger partial charge >= 0.3 is 0 Å². The minimum absolute atomic E-state index is 0.211. The molecule has 2 aromatic rings. The number of rotatable bonds is 3. The number of aromatic nitrogens is 2. The zero-order valence-corrected chi connectivity index (χ0v) is 10.5. The lowest BCUT2D eigenvalue weighted by molar-refractivity contribution is -0.111. The van der Waals surface area contributed by atoms with Gasteiger partial charge in [0.15, 0.2) is 0 Å². The van der Waals surface area contributed by atoms with Gasteiger partial charge in [-0.25, -0.2) is 0 Å². The summed E-state index contributed by atoms with van der Waals surface area (Å²) in [5.74, 6) is 0.401. The van der Waals surface area contributed by atoms with Gasteiger partial charge in [-0.3, -0.25) is 9.89 Å². The van der Waals surface area contributed by atoms with E-state index in [1.54, 1.807) is 24.4 Å². The van der Waals surface area contributed by atoms with E-state index >= 15 is 0 Å². The third-order valence-electron chi connectivity index (χ3n) is 2.37. The molecule has 1 amide bonds. The number of benzene rings is 1. The van der Waals surface area contributed by atoms with E-state index in [0.717, 1.165) is 11.1 Å². The molecule has 0 bridgehead atoms. The molecule has 2 rings (SSSR count). The summed E-state index contributed by atoms with van der Waals surface area (Å²) in [4.78, 5) is 11.6. The quantitative estimate of drug-likeness (QED) is 0.835. The molecule has 92 valence electrons. The number of amides is 1. The Morgan fingerprint density at radius 2 is 2.11 bits per heavy atom. The first kappa shape index (κ1) is 12.4. The first-order chi connectivity index (χ1) is 8.65. The average molecular weight is 262 g/mol. The molecule has 0 aliphatic rings. The fraction of sp³-hybridized carbons (Fsp3) is 0.0769. The molecule has 5 heteroatoms. The minimum Gasteiger partial charge on any atom is -0.307 e. The van der Waals surface area contributed by atoms with Crippen LogP contribution in [0.3, 0.4) is 0 Å². The average Bonchev–Trinajstić information content (AvgIpc) is 2.74. The van der Waals surface area contributed by atoms with Crippen LogP contribution in [0.2, 0.25) is 5.02 Å². The van der Waals surface area contributed by atoms with Gasteiger partial charge in [0.05, 0.1) is 6.20 Å². The molecule has 0 radical (unpaired) electrons. The second kappa shape index (κ2) is 5.51. The first-order valence-corrected chi connectivity index (χ1v) is 5.77. The third-order valence-corrected chi connectivity index (χ3v) is 2.63.